The average molecular weight is 325 g/mol. The van der Waals surface area contributed by atoms with Crippen LogP contribution in [0.2, 0.25) is 0 Å². The Morgan fingerprint density at radius 3 is 2.61 bits per heavy atom. The predicted octanol–water partition coefficient (Wildman–Crippen LogP) is 3.37. The molecule has 1 N–H and O–H groups in total. The number of amides is 1. The van der Waals surface area contributed by atoms with Crippen LogP contribution < -0.4 is 5.32 Å². The molecular formula is C18H15NO3S. The molecule has 0 bridgehead atoms. The number of carbonyl (C=O) groups is 2. The standard InChI is InChI=1S/C18H15NO3S/c20-17(11-19-18(21)16-6-3-9-23-16)22-12-13-7-8-14-4-1-2-5-15(14)10-13/h1-10H,11-12H2,(H,19,21). The number of rotatable bonds is 5. The molecule has 0 aliphatic heterocycles. The number of fused-ring (bicyclic) bond motifs is 1. The predicted molar refractivity (Wildman–Crippen MR) is 90.4 cm³/mol. The molecule has 5 heteroatoms. The zero-order valence-electron chi connectivity index (χ0n) is 12.3. The molecule has 1 aromatic heterocycles. The Morgan fingerprint density at radius 1 is 1.00 bits per heavy atom. The summed E-state index contributed by atoms with van der Waals surface area (Å²) in [5.74, 6) is -0.717. The molecule has 0 spiro atoms. The normalized spacial score (nSPS) is 10.4. The van der Waals surface area contributed by atoms with Gasteiger partial charge in [0.25, 0.3) is 5.91 Å². The first-order valence-corrected chi connectivity index (χ1v) is 8.05. The smallest absolute Gasteiger partial charge is 0.325 e. The third-order valence-corrected chi connectivity index (χ3v) is 4.22. The van der Waals surface area contributed by atoms with Crippen LogP contribution in [-0.2, 0) is 16.1 Å². The van der Waals surface area contributed by atoms with Gasteiger partial charge < -0.3 is 10.1 Å². The number of hydrogen-bond acceptors (Lipinski definition) is 4. The second-order valence-electron chi connectivity index (χ2n) is 5.00. The van der Waals surface area contributed by atoms with Gasteiger partial charge in [-0.25, -0.2) is 0 Å². The molecule has 116 valence electrons. The van der Waals surface area contributed by atoms with Crippen molar-refractivity contribution >= 4 is 34.0 Å². The number of ether oxygens (including phenoxy) is 1. The van der Waals surface area contributed by atoms with Crippen molar-refractivity contribution < 1.29 is 14.3 Å². The highest BCUT2D eigenvalue weighted by molar-refractivity contribution is 7.12. The molecule has 0 radical (unpaired) electrons. The van der Waals surface area contributed by atoms with Crippen molar-refractivity contribution in [1.29, 1.82) is 0 Å². The van der Waals surface area contributed by atoms with Gasteiger partial charge in [-0.1, -0.05) is 42.5 Å². The quantitative estimate of drug-likeness (QED) is 0.732. The third kappa shape index (κ3) is 3.96. The van der Waals surface area contributed by atoms with E-state index in [-0.39, 0.29) is 19.1 Å². The Labute approximate surface area is 137 Å². The van der Waals surface area contributed by atoms with Gasteiger partial charge in [-0.3, -0.25) is 9.59 Å². The highest BCUT2D eigenvalue weighted by Gasteiger charge is 2.09. The minimum Gasteiger partial charge on any atom is -0.460 e. The van der Waals surface area contributed by atoms with E-state index in [4.69, 9.17) is 4.74 Å². The summed E-state index contributed by atoms with van der Waals surface area (Å²) in [6.07, 6.45) is 0. The van der Waals surface area contributed by atoms with Crippen LogP contribution in [-0.4, -0.2) is 18.4 Å². The first-order chi connectivity index (χ1) is 11.2. The Morgan fingerprint density at radius 2 is 1.83 bits per heavy atom. The number of esters is 1. The van der Waals surface area contributed by atoms with E-state index in [1.54, 1.807) is 12.1 Å². The molecule has 23 heavy (non-hydrogen) atoms. The van der Waals surface area contributed by atoms with E-state index in [1.807, 2.05) is 47.8 Å². The Balaban J connectivity index is 1.51. The number of hydrogen-bond donors (Lipinski definition) is 1. The monoisotopic (exact) mass is 325 g/mol. The van der Waals surface area contributed by atoms with E-state index in [2.05, 4.69) is 5.32 Å². The van der Waals surface area contributed by atoms with Gasteiger partial charge in [0, 0.05) is 0 Å². The fourth-order valence-electron chi connectivity index (χ4n) is 2.19. The van der Waals surface area contributed by atoms with E-state index in [0.717, 1.165) is 16.3 Å². The van der Waals surface area contributed by atoms with Crippen LogP contribution in [0.25, 0.3) is 10.8 Å². The number of carbonyl (C=O) groups excluding carboxylic acids is 2. The maximum absolute atomic E-state index is 11.7. The van der Waals surface area contributed by atoms with Crippen molar-refractivity contribution in [2.75, 3.05) is 6.54 Å². The number of benzene rings is 2. The Hall–Kier alpha value is -2.66. The van der Waals surface area contributed by atoms with Gasteiger partial charge in [0.15, 0.2) is 0 Å². The lowest BCUT2D eigenvalue weighted by molar-refractivity contribution is -0.143. The molecule has 1 amide bonds. The van der Waals surface area contributed by atoms with Crippen LogP contribution in [0.1, 0.15) is 15.2 Å². The lowest BCUT2D eigenvalue weighted by atomic mass is 10.1. The van der Waals surface area contributed by atoms with Gasteiger partial charge in [-0.2, -0.15) is 0 Å². The second-order valence-corrected chi connectivity index (χ2v) is 5.95. The molecule has 0 aliphatic rings. The van der Waals surface area contributed by atoms with E-state index in [9.17, 15) is 9.59 Å². The zero-order valence-corrected chi connectivity index (χ0v) is 13.1. The summed E-state index contributed by atoms with van der Waals surface area (Å²) in [5, 5.41) is 6.61. The topological polar surface area (TPSA) is 55.4 Å². The van der Waals surface area contributed by atoms with E-state index in [1.165, 1.54) is 11.3 Å². The summed E-state index contributed by atoms with van der Waals surface area (Å²) >= 11 is 1.33. The van der Waals surface area contributed by atoms with Gasteiger partial charge in [0.05, 0.1) is 4.88 Å². The minimum absolute atomic E-state index is 0.135. The lowest BCUT2D eigenvalue weighted by Crippen LogP contribution is -2.30. The van der Waals surface area contributed by atoms with Crippen LogP contribution in [0.15, 0.2) is 60.0 Å². The molecule has 3 aromatic rings. The summed E-state index contributed by atoms with van der Waals surface area (Å²) in [6, 6.07) is 17.4. The van der Waals surface area contributed by atoms with Crippen molar-refractivity contribution in [1.82, 2.24) is 5.32 Å². The van der Waals surface area contributed by atoms with Gasteiger partial charge in [-0.15, -0.1) is 11.3 Å². The summed E-state index contributed by atoms with van der Waals surface area (Å²) < 4.78 is 5.19. The highest BCUT2D eigenvalue weighted by Crippen LogP contribution is 2.16. The molecule has 0 fully saturated rings. The van der Waals surface area contributed by atoms with Crippen molar-refractivity contribution in [3.8, 4) is 0 Å². The molecule has 0 aliphatic carbocycles. The maximum Gasteiger partial charge on any atom is 0.325 e. The van der Waals surface area contributed by atoms with E-state index >= 15 is 0 Å². The molecule has 3 rings (SSSR count). The van der Waals surface area contributed by atoms with Crippen LogP contribution in [0.3, 0.4) is 0 Å². The zero-order chi connectivity index (χ0) is 16.1. The summed E-state index contributed by atoms with van der Waals surface area (Å²) in [5.41, 5.74) is 0.918. The molecule has 0 unspecified atom stereocenters. The fourth-order valence-corrected chi connectivity index (χ4v) is 2.83. The molecule has 1 heterocycles. The maximum atomic E-state index is 11.7. The lowest BCUT2D eigenvalue weighted by Gasteiger charge is -2.07. The van der Waals surface area contributed by atoms with Gasteiger partial charge in [0.2, 0.25) is 0 Å². The van der Waals surface area contributed by atoms with Crippen molar-refractivity contribution in [2.45, 2.75) is 6.61 Å². The fraction of sp³-hybridized carbons (Fsp3) is 0.111. The average Bonchev–Trinajstić information content (AvgIpc) is 3.12. The van der Waals surface area contributed by atoms with E-state index < -0.39 is 5.97 Å². The SMILES string of the molecule is O=C(CNC(=O)c1cccs1)OCc1ccc2ccccc2c1. The summed E-state index contributed by atoms with van der Waals surface area (Å²) in [4.78, 5) is 24.0. The Bertz CT molecular complexity index is 827. The first-order valence-electron chi connectivity index (χ1n) is 7.17. The van der Waals surface area contributed by atoms with Gasteiger partial charge in [0.1, 0.15) is 13.2 Å². The number of nitrogens with one attached hydrogen (secondary N) is 1. The number of thiophene rings is 1. The highest BCUT2D eigenvalue weighted by atomic mass is 32.1. The van der Waals surface area contributed by atoms with Crippen molar-refractivity contribution in [3.63, 3.8) is 0 Å². The first kappa shape index (κ1) is 15.2. The van der Waals surface area contributed by atoms with Crippen LogP contribution >= 0.6 is 11.3 Å². The second kappa shape index (κ2) is 7.07. The summed E-state index contributed by atoms with van der Waals surface area (Å²) in [7, 11) is 0. The third-order valence-electron chi connectivity index (χ3n) is 3.35. The molecular weight excluding hydrogens is 310 g/mol. The molecule has 4 nitrogen and oxygen atoms in total. The van der Waals surface area contributed by atoms with Crippen molar-refractivity contribution in [3.05, 3.63) is 70.4 Å². The molecule has 0 atom stereocenters. The molecule has 0 saturated heterocycles. The van der Waals surface area contributed by atoms with Crippen LogP contribution in [0.4, 0.5) is 0 Å². The Kier molecular flexibility index (Phi) is 4.68. The van der Waals surface area contributed by atoms with Crippen molar-refractivity contribution in [2.24, 2.45) is 0 Å². The molecule has 2 aromatic carbocycles. The molecule has 0 saturated carbocycles. The van der Waals surface area contributed by atoms with Gasteiger partial charge >= 0.3 is 5.97 Å². The van der Waals surface area contributed by atoms with Crippen LogP contribution in [0.5, 0.6) is 0 Å². The summed E-state index contributed by atoms with van der Waals surface area (Å²) in [6.45, 7) is 0.0584. The van der Waals surface area contributed by atoms with Gasteiger partial charge in [-0.05, 0) is 33.8 Å². The van der Waals surface area contributed by atoms with E-state index in [0.29, 0.717) is 4.88 Å². The largest absolute Gasteiger partial charge is 0.460 e. The minimum atomic E-state index is -0.455. The van der Waals surface area contributed by atoms with Crippen LogP contribution in [0, 0.1) is 0 Å².